The first-order valence-corrected chi connectivity index (χ1v) is 9.97. The van der Waals surface area contributed by atoms with E-state index in [0.717, 1.165) is 39.1 Å². The lowest BCUT2D eigenvalue weighted by Gasteiger charge is -2.41. The van der Waals surface area contributed by atoms with E-state index in [4.69, 9.17) is 4.74 Å². The van der Waals surface area contributed by atoms with Crippen molar-refractivity contribution < 1.29 is 9.53 Å². The minimum Gasteiger partial charge on any atom is -0.444 e. The van der Waals surface area contributed by atoms with Crippen molar-refractivity contribution in [1.82, 2.24) is 15.1 Å². The van der Waals surface area contributed by atoms with Crippen LogP contribution in [0, 0.1) is 0 Å². The Hall–Kier alpha value is -1.79. The molecule has 1 N–H and O–H groups in total. The van der Waals surface area contributed by atoms with Crippen LogP contribution >= 0.6 is 0 Å². The molecule has 2 aliphatic rings. The monoisotopic (exact) mass is 374 g/mol. The predicted octanol–water partition coefficient (Wildman–Crippen LogP) is 2.32. The molecular weight excluding hydrogens is 340 g/mol. The Bertz CT molecular complexity index is 663. The van der Waals surface area contributed by atoms with Gasteiger partial charge < -0.3 is 19.9 Å². The van der Waals surface area contributed by atoms with E-state index in [1.165, 1.54) is 16.8 Å². The number of benzene rings is 1. The average molecular weight is 375 g/mol. The third-order valence-electron chi connectivity index (χ3n) is 5.38. The summed E-state index contributed by atoms with van der Waals surface area (Å²) in [5.74, 6) is 0. The number of hydrogen-bond acceptors (Lipinski definition) is 5. The molecule has 0 bridgehead atoms. The first-order chi connectivity index (χ1) is 12.8. The van der Waals surface area contributed by atoms with E-state index in [2.05, 4.69) is 40.4 Å². The number of rotatable bonds is 3. The van der Waals surface area contributed by atoms with Gasteiger partial charge in [-0.2, -0.15) is 0 Å². The number of nitrogens with zero attached hydrogens (tertiary/aromatic N) is 3. The fraction of sp³-hybridized carbons (Fsp3) is 0.667. The third kappa shape index (κ3) is 4.74. The molecule has 6 heteroatoms. The van der Waals surface area contributed by atoms with Gasteiger partial charge in [-0.1, -0.05) is 12.1 Å². The highest BCUT2D eigenvalue weighted by atomic mass is 16.6. The fourth-order valence-electron chi connectivity index (χ4n) is 3.96. The molecule has 0 aliphatic carbocycles. The van der Waals surface area contributed by atoms with Crippen molar-refractivity contribution in [3.8, 4) is 0 Å². The number of likely N-dealkylation sites (N-methyl/N-ethyl adjacent to an activating group) is 2. The maximum atomic E-state index is 12.8. The summed E-state index contributed by atoms with van der Waals surface area (Å²) in [5.41, 5.74) is 3.49. The first-order valence-electron chi connectivity index (χ1n) is 9.97. The first kappa shape index (κ1) is 20.0. The predicted molar refractivity (Wildman–Crippen MR) is 109 cm³/mol. The highest BCUT2D eigenvalue weighted by molar-refractivity contribution is 5.70. The maximum Gasteiger partial charge on any atom is 0.410 e. The van der Waals surface area contributed by atoms with Crippen LogP contribution in [-0.2, 0) is 17.7 Å². The molecule has 0 aromatic heterocycles. The van der Waals surface area contributed by atoms with E-state index in [1.54, 1.807) is 0 Å². The number of piperazine rings is 1. The molecule has 1 aromatic carbocycles. The van der Waals surface area contributed by atoms with Crippen LogP contribution in [-0.4, -0.2) is 74.4 Å². The summed E-state index contributed by atoms with van der Waals surface area (Å²) in [6.45, 7) is 11.4. The number of anilines is 1. The molecule has 1 saturated heterocycles. The Balaban J connectivity index is 1.85. The van der Waals surface area contributed by atoms with Crippen molar-refractivity contribution in [2.75, 3.05) is 51.7 Å². The lowest BCUT2D eigenvalue weighted by atomic mass is 9.92. The minimum absolute atomic E-state index is 0.103. The second-order valence-corrected chi connectivity index (χ2v) is 8.73. The Kier molecular flexibility index (Phi) is 5.96. The van der Waals surface area contributed by atoms with Crippen molar-refractivity contribution in [2.24, 2.45) is 0 Å². The lowest BCUT2D eigenvalue weighted by molar-refractivity contribution is 0.0122. The van der Waals surface area contributed by atoms with Gasteiger partial charge in [0, 0.05) is 45.0 Å². The summed E-state index contributed by atoms with van der Waals surface area (Å²) < 4.78 is 5.67. The van der Waals surface area contributed by atoms with Gasteiger partial charge in [-0.05, 0) is 58.5 Å². The Labute approximate surface area is 163 Å². The molecule has 0 radical (unpaired) electrons. The van der Waals surface area contributed by atoms with E-state index >= 15 is 0 Å². The number of carbonyl (C=O) groups excluding carboxylic acids is 1. The molecule has 1 amide bonds. The van der Waals surface area contributed by atoms with Crippen LogP contribution < -0.4 is 10.2 Å². The van der Waals surface area contributed by atoms with Crippen LogP contribution in [0.4, 0.5) is 10.5 Å². The van der Waals surface area contributed by atoms with Gasteiger partial charge in [-0.3, -0.25) is 4.90 Å². The summed E-state index contributed by atoms with van der Waals surface area (Å²) in [5, 5.41) is 3.25. The van der Waals surface area contributed by atoms with Gasteiger partial charge in [-0.25, -0.2) is 4.79 Å². The number of ether oxygens (including phenoxy) is 1. The fourth-order valence-corrected chi connectivity index (χ4v) is 3.96. The van der Waals surface area contributed by atoms with Crippen molar-refractivity contribution in [3.63, 3.8) is 0 Å². The summed E-state index contributed by atoms with van der Waals surface area (Å²) in [6, 6.07) is 6.62. The highest BCUT2D eigenvalue weighted by Crippen LogP contribution is 2.32. The zero-order valence-electron chi connectivity index (χ0n) is 17.4. The quantitative estimate of drug-likeness (QED) is 0.880. The van der Waals surface area contributed by atoms with E-state index in [1.807, 2.05) is 32.7 Å². The van der Waals surface area contributed by atoms with Gasteiger partial charge in [0.25, 0.3) is 0 Å². The largest absolute Gasteiger partial charge is 0.444 e. The Morgan fingerprint density at radius 3 is 2.56 bits per heavy atom. The third-order valence-corrected chi connectivity index (χ3v) is 5.38. The van der Waals surface area contributed by atoms with E-state index in [0.29, 0.717) is 6.54 Å². The second-order valence-electron chi connectivity index (χ2n) is 8.73. The standard InChI is InChI=1S/C21H34N4O2/c1-21(2,3)27-20(26)25-15-16-7-6-8-19(18(16)13-17(25)14-22-4)24-11-9-23(5)10-12-24/h6-8,17,22H,9-15H2,1-5H3. The number of amides is 1. The van der Waals surface area contributed by atoms with E-state index in [-0.39, 0.29) is 12.1 Å². The smallest absolute Gasteiger partial charge is 0.410 e. The summed E-state index contributed by atoms with van der Waals surface area (Å²) in [7, 11) is 4.12. The molecule has 0 spiro atoms. The molecule has 1 aromatic rings. The Morgan fingerprint density at radius 1 is 1.22 bits per heavy atom. The summed E-state index contributed by atoms with van der Waals surface area (Å²) >= 11 is 0. The summed E-state index contributed by atoms with van der Waals surface area (Å²) in [6.07, 6.45) is 0.635. The van der Waals surface area contributed by atoms with Crippen molar-refractivity contribution >= 4 is 11.8 Å². The molecular formula is C21H34N4O2. The van der Waals surface area contributed by atoms with E-state index < -0.39 is 5.60 Å². The van der Waals surface area contributed by atoms with Gasteiger partial charge in [0.1, 0.15) is 5.60 Å². The lowest BCUT2D eigenvalue weighted by Crippen LogP contribution is -2.51. The Morgan fingerprint density at radius 2 is 1.93 bits per heavy atom. The van der Waals surface area contributed by atoms with E-state index in [9.17, 15) is 4.79 Å². The second kappa shape index (κ2) is 8.07. The summed E-state index contributed by atoms with van der Waals surface area (Å²) in [4.78, 5) is 19.6. The average Bonchev–Trinajstić information content (AvgIpc) is 2.60. The van der Waals surface area contributed by atoms with Crippen LogP contribution in [0.2, 0.25) is 0 Å². The molecule has 27 heavy (non-hydrogen) atoms. The molecule has 1 fully saturated rings. The van der Waals surface area contributed by atoms with Crippen molar-refractivity contribution in [1.29, 1.82) is 0 Å². The normalized spacial score (nSPS) is 21.1. The molecule has 0 saturated carbocycles. The topological polar surface area (TPSA) is 48.0 Å². The number of hydrogen-bond donors (Lipinski definition) is 1. The zero-order chi connectivity index (χ0) is 19.6. The molecule has 2 heterocycles. The molecule has 2 aliphatic heterocycles. The van der Waals surface area contributed by atoms with Crippen LogP contribution in [0.3, 0.4) is 0 Å². The molecule has 1 unspecified atom stereocenters. The molecule has 150 valence electrons. The van der Waals surface area contributed by atoms with Gasteiger partial charge in [0.2, 0.25) is 0 Å². The van der Waals surface area contributed by atoms with Crippen LogP contribution in [0.1, 0.15) is 31.9 Å². The van der Waals surface area contributed by atoms with Gasteiger partial charge >= 0.3 is 6.09 Å². The maximum absolute atomic E-state index is 12.8. The van der Waals surface area contributed by atoms with Crippen LogP contribution in [0.25, 0.3) is 0 Å². The minimum atomic E-state index is -0.483. The van der Waals surface area contributed by atoms with Gasteiger partial charge in [0.05, 0.1) is 6.04 Å². The zero-order valence-corrected chi connectivity index (χ0v) is 17.4. The van der Waals surface area contributed by atoms with Gasteiger partial charge in [0.15, 0.2) is 0 Å². The molecule has 1 atom stereocenters. The van der Waals surface area contributed by atoms with Crippen LogP contribution in [0.5, 0.6) is 0 Å². The van der Waals surface area contributed by atoms with Crippen molar-refractivity contribution in [3.05, 3.63) is 29.3 Å². The molecule has 6 nitrogen and oxygen atoms in total. The molecule has 3 rings (SSSR count). The SMILES string of the molecule is CNCC1Cc2c(cccc2N2CCN(C)CC2)CN1C(=O)OC(C)(C)C. The van der Waals surface area contributed by atoms with Crippen molar-refractivity contribution in [2.45, 2.75) is 45.4 Å². The van der Waals surface area contributed by atoms with Gasteiger partial charge in [-0.15, -0.1) is 0 Å². The number of nitrogens with one attached hydrogen (secondary N) is 1. The number of carbonyl (C=O) groups is 1. The highest BCUT2D eigenvalue weighted by Gasteiger charge is 2.34. The number of fused-ring (bicyclic) bond motifs is 1. The van der Waals surface area contributed by atoms with Crippen LogP contribution in [0.15, 0.2) is 18.2 Å².